The molecule has 0 saturated heterocycles. The van der Waals surface area contributed by atoms with Crippen LogP contribution in [0.15, 0.2) is 73.4 Å². The Morgan fingerprint density at radius 1 is 1.05 bits per heavy atom. The highest BCUT2D eigenvalue weighted by atomic mass is 79.9. The maximum absolute atomic E-state index is 13.2. The van der Waals surface area contributed by atoms with Gasteiger partial charge in [-0.15, -0.1) is 0 Å². The quantitative estimate of drug-likeness (QED) is 0.223. The molecule has 8 nitrogen and oxygen atoms in total. The first-order valence-corrected chi connectivity index (χ1v) is 13.6. The first-order chi connectivity index (χ1) is 18.3. The molecule has 0 aliphatic carbocycles. The van der Waals surface area contributed by atoms with Crippen LogP contribution >= 0.6 is 31.9 Å². The van der Waals surface area contributed by atoms with Gasteiger partial charge >= 0.3 is 0 Å². The molecule has 0 fully saturated rings. The van der Waals surface area contributed by atoms with E-state index in [1.165, 1.54) is 4.68 Å². The monoisotopic (exact) mass is 640 g/mol. The van der Waals surface area contributed by atoms with Gasteiger partial charge in [0.05, 0.1) is 23.7 Å². The van der Waals surface area contributed by atoms with E-state index in [0.29, 0.717) is 57.0 Å². The van der Waals surface area contributed by atoms with Crippen LogP contribution in [0.25, 0.3) is 10.9 Å². The smallest absolute Gasteiger partial charge is 0.282 e. The van der Waals surface area contributed by atoms with E-state index < -0.39 is 0 Å². The van der Waals surface area contributed by atoms with Crippen molar-refractivity contribution in [2.24, 2.45) is 5.10 Å². The average Bonchev–Trinajstić information content (AvgIpc) is 2.90. The Labute approximate surface area is 236 Å². The van der Waals surface area contributed by atoms with Crippen molar-refractivity contribution < 1.29 is 14.3 Å². The van der Waals surface area contributed by atoms with Crippen LogP contribution in [-0.4, -0.2) is 35.0 Å². The van der Waals surface area contributed by atoms with E-state index in [0.717, 1.165) is 10.0 Å². The summed E-state index contributed by atoms with van der Waals surface area (Å²) in [6, 6.07) is 16.4. The van der Waals surface area contributed by atoms with Crippen LogP contribution in [0.4, 0.5) is 5.69 Å². The number of aromatic nitrogens is 2. The maximum atomic E-state index is 13.2. The van der Waals surface area contributed by atoms with Crippen LogP contribution in [0, 0.1) is 6.92 Å². The van der Waals surface area contributed by atoms with Gasteiger partial charge in [0.1, 0.15) is 5.82 Å². The molecule has 1 aromatic heterocycles. The van der Waals surface area contributed by atoms with Crippen LogP contribution in [0.5, 0.6) is 11.5 Å². The van der Waals surface area contributed by atoms with Crippen LogP contribution in [0.3, 0.4) is 0 Å². The standard InChI is InChI=1S/C28H26Br2N4O4/c1-4-26-33-23-11-8-19(29)13-21(23)28(36)34(26)31-15-18-12-24(37-5-2)25(14-22(18)30)38-16-27(35)32-20-9-6-17(3)7-10-20/h6-15H,4-5,16H2,1-3H3,(H,32,35). The minimum atomic E-state index is -0.292. The van der Waals surface area contributed by atoms with Gasteiger partial charge in [-0.25, -0.2) is 4.98 Å². The summed E-state index contributed by atoms with van der Waals surface area (Å²) in [5, 5.41) is 7.73. The Morgan fingerprint density at radius 3 is 2.50 bits per heavy atom. The number of hydrogen-bond acceptors (Lipinski definition) is 6. The van der Waals surface area contributed by atoms with Gasteiger partial charge < -0.3 is 14.8 Å². The maximum Gasteiger partial charge on any atom is 0.282 e. The third kappa shape index (κ3) is 6.49. The van der Waals surface area contributed by atoms with Crippen LogP contribution in [0.1, 0.15) is 30.8 Å². The molecule has 4 aromatic rings. The first kappa shape index (κ1) is 27.5. The molecule has 38 heavy (non-hydrogen) atoms. The average molecular weight is 642 g/mol. The van der Waals surface area contributed by atoms with E-state index in [1.54, 1.807) is 30.5 Å². The molecule has 1 heterocycles. The van der Waals surface area contributed by atoms with Crippen molar-refractivity contribution in [1.82, 2.24) is 9.66 Å². The largest absolute Gasteiger partial charge is 0.490 e. The number of fused-ring (bicyclic) bond motifs is 1. The molecule has 10 heteroatoms. The highest BCUT2D eigenvalue weighted by molar-refractivity contribution is 9.10. The number of carbonyl (C=O) groups excluding carboxylic acids is 1. The fourth-order valence-electron chi connectivity index (χ4n) is 3.67. The van der Waals surface area contributed by atoms with Gasteiger partial charge in [-0.2, -0.15) is 9.78 Å². The number of halogens is 2. The molecule has 0 aliphatic rings. The molecule has 0 saturated carbocycles. The normalized spacial score (nSPS) is 11.2. The summed E-state index contributed by atoms with van der Waals surface area (Å²) in [4.78, 5) is 30.2. The zero-order valence-electron chi connectivity index (χ0n) is 21.1. The van der Waals surface area contributed by atoms with Gasteiger partial charge in [0.25, 0.3) is 11.5 Å². The second kappa shape index (κ2) is 12.4. The molecule has 4 rings (SSSR count). The number of aryl methyl sites for hydroxylation is 2. The summed E-state index contributed by atoms with van der Waals surface area (Å²) in [6.07, 6.45) is 2.09. The summed E-state index contributed by atoms with van der Waals surface area (Å²) in [5.74, 6) is 1.10. The van der Waals surface area contributed by atoms with Crippen molar-refractivity contribution in [3.63, 3.8) is 0 Å². The van der Waals surface area contributed by atoms with Crippen molar-refractivity contribution in [1.29, 1.82) is 0 Å². The third-order valence-electron chi connectivity index (χ3n) is 5.56. The van der Waals surface area contributed by atoms with Gasteiger partial charge in [-0.05, 0) is 72.2 Å². The lowest BCUT2D eigenvalue weighted by Crippen LogP contribution is -2.22. The van der Waals surface area contributed by atoms with Crippen molar-refractivity contribution in [2.45, 2.75) is 27.2 Å². The van der Waals surface area contributed by atoms with Crippen molar-refractivity contribution in [2.75, 3.05) is 18.5 Å². The molecular weight excluding hydrogens is 616 g/mol. The number of benzene rings is 3. The predicted octanol–water partition coefficient (Wildman–Crippen LogP) is 6.09. The number of carbonyl (C=O) groups is 1. The lowest BCUT2D eigenvalue weighted by molar-refractivity contribution is -0.118. The Kier molecular flexibility index (Phi) is 8.96. The van der Waals surface area contributed by atoms with Crippen LogP contribution in [0.2, 0.25) is 0 Å². The summed E-state index contributed by atoms with van der Waals surface area (Å²) >= 11 is 6.95. The number of rotatable bonds is 9. The second-order valence-electron chi connectivity index (χ2n) is 8.36. The molecule has 0 bridgehead atoms. The fraction of sp³-hybridized carbons (Fsp3) is 0.214. The highest BCUT2D eigenvalue weighted by Crippen LogP contribution is 2.33. The number of anilines is 1. The number of amides is 1. The van der Waals surface area contributed by atoms with Gasteiger partial charge in [0, 0.05) is 26.6 Å². The SMILES string of the molecule is CCOc1cc(C=Nn2c(CC)nc3ccc(Br)cc3c2=O)c(Br)cc1OCC(=O)Nc1ccc(C)cc1. The third-order valence-corrected chi connectivity index (χ3v) is 6.74. The number of nitrogens with zero attached hydrogens (tertiary/aromatic N) is 3. The van der Waals surface area contributed by atoms with E-state index in [9.17, 15) is 9.59 Å². The minimum Gasteiger partial charge on any atom is -0.490 e. The summed E-state index contributed by atoms with van der Waals surface area (Å²) in [6.45, 7) is 5.96. The van der Waals surface area contributed by atoms with Gasteiger partial charge in [-0.3, -0.25) is 9.59 Å². The van der Waals surface area contributed by atoms with Crippen molar-refractivity contribution in [3.8, 4) is 11.5 Å². The second-order valence-corrected chi connectivity index (χ2v) is 10.1. The molecule has 1 N–H and O–H groups in total. The van der Waals surface area contributed by atoms with Gasteiger partial charge in [0.2, 0.25) is 0 Å². The van der Waals surface area contributed by atoms with E-state index in [-0.39, 0.29) is 18.1 Å². The van der Waals surface area contributed by atoms with Crippen LogP contribution in [-0.2, 0) is 11.2 Å². The summed E-state index contributed by atoms with van der Waals surface area (Å²) < 4.78 is 14.3. The molecule has 0 aliphatic heterocycles. The molecule has 196 valence electrons. The molecule has 0 atom stereocenters. The molecule has 0 spiro atoms. The van der Waals surface area contributed by atoms with Gasteiger partial charge in [0.15, 0.2) is 18.1 Å². The van der Waals surface area contributed by atoms with E-state index in [2.05, 4.69) is 47.3 Å². The lowest BCUT2D eigenvalue weighted by Gasteiger charge is -2.14. The Balaban J connectivity index is 1.58. The van der Waals surface area contributed by atoms with Gasteiger partial charge in [-0.1, -0.05) is 40.5 Å². The summed E-state index contributed by atoms with van der Waals surface area (Å²) in [7, 11) is 0. The Hall–Kier alpha value is -3.50. The van der Waals surface area contributed by atoms with Crippen molar-refractivity contribution >= 4 is 60.6 Å². The number of ether oxygens (including phenoxy) is 2. The molecule has 0 radical (unpaired) electrons. The Bertz CT molecular complexity index is 1570. The highest BCUT2D eigenvalue weighted by Gasteiger charge is 2.14. The van der Waals surface area contributed by atoms with E-state index in [1.807, 2.05) is 51.1 Å². The Morgan fingerprint density at radius 2 is 1.79 bits per heavy atom. The topological polar surface area (TPSA) is 94.8 Å². The number of hydrogen-bond donors (Lipinski definition) is 1. The molecule has 0 unspecified atom stereocenters. The zero-order chi connectivity index (χ0) is 27.2. The lowest BCUT2D eigenvalue weighted by atomic mass is 10.2. The summed E-state index contributed by atoms with van der Waals surface area (Å²) in [5.41, 5.74) is 2.82. The number of nitrogens with one attached hydrogen (secondary N) is 1. The fourth-order valence-corrected chi connectivity index (χ4v) is 4.46. The van der Waals surface area contributed by atoms with Crippen LogP contribution < -0.4 is 20.3 Å². The molecular formula is C28H26Br2N4O4. The minimum absolute atomic E-state index is 0.193. The molecule has 1 amide bonds. The predicted molar refractivity (Wildman–Crippen MR) is 157 cm³/mol. The van der Waals surface area contributed by atoms with E-state index >= 15 is 0 Å². The first-order valence-electron chi connectivity index (χ1n) is 12.0. The van der Waals surface area contributed by atoms with E-state index in [4.69, 9.17) is 9.47 Å². The van der Waals surface area contributed by atoms with Crippen molar-refractivity contribution in [3.05, 3.63) is 90.8 Å². The zero-order valence-corrected chi connectivity index (χ0v) is 24.3. The molecule has 3 aromatic carbocycles.